The van der Waals surface area contributed by atoms with Crippen LogP contribution in [0.5, 0.6) is 0 Å². The summed E-state index contributed by atoms with van der Waals surface area (Å²) in [5.74, 6) is -1.93. The van der Waals surface area contributed by atoms with Gasteiger partial charge in [0.2, 0.25) is 0 Å². The molecule has 66 valence electrons. The first kappa shape index (κ1) is 9.01. The molecule has 1 aliphatic heterocycles. The van der Waals surface area contributed by atoms with E-state index in [-0.39, 0.29) is 5.41 Å². The Morgan fingerprint density at radius 2 is 2.42 bits per heavy atom. The number of rotatable bonds is 3. The van der Waals surface area contributed by atoms with E-state index < -0.39 is 11.9 Å². The lowest BCUT2D eigenvalue weighted by Crippen LogP contribution is -2.42. The molecule has 1 atom stereocenters. The van der Waals surface area contributed by atoms with E-state index in [4.69, 9.17) is 15.1 Å². The predicted octanol–water partition coefficient (Wildman–Crippen LogP) is 0.637. The zero-order valence-electron chi connectivity index (χ0n) is 6.91. The average Bonchev–Trinajstić information content (AvgIpc) is 1.96. The smallest absolute Gasteiger partial charge is 0.320 e. The molecule has 4 heteroatoms. The van der Waals surface area contributed by atoms with Gasteiger partial charge >= 0.3 is 5.97 Å². The molecule has 0 aromatic heterocycles. The summed E-state index contributed by atoms with van der Waals surface area (Å²) in [5.41, 5.74) is -0.0984. The van der Waals surface area contributed by atoms with E-state index in [9.17, 15) is 4.79 Å². The highest BCUT2D eigenvalue weighted by molar-refractivity contribution is 5.72. The summed E-state index contributed by atoms with van der Waals surface area (Å²) in [7, 11) is 0. The van der Waals surface area contributed by atoms with Crippen molar-refractivity contribution in [1.82, 2.24) is 0 Å². The number of nitrogens with zero attached hydrogens (tertiary/aromatic N) is 1. The molecule has 1 N–H and O–H groups in total. The quantitative estimate of drug-likeness (QED) is 0.672. The SMILES string of the molecule is CC1(CC(C#N)C(=O)O)COC1. The van der Waals surface area contributed by atoms with Crippen LogP contribution in [0.25, 0.3) is 0 Å². The minimum atomic E-state index is -1.04. The zero-order valence-corrected chi connectivity index (χ0v) is 6.91. The van der Waals surface area contributed by atoms with Crippen LogP contribution in [0.1, 0.15) is 13.3 Å². The maximum atomic E-state index is 10.5. The molecule has 1 rings (SSSR count). The third-order valence-electron chi connectivity index (χ3n) is 2.05. The van der Waals surface area contributed by atoms with Gasteiger partial charge in [0, 0.05) is 5.41 Å². The van der Waals surface area contributed by atoms with Crippen molar-refractivity contribution in [1.29, 1.82) is 5.26 Å². The fourth-order valence-corrected chi connectivity index (χ4v) is 1.25. The predicted molar refractivity (Wildman–Crippen MR) is 40.3 cm³/mol. The molecule has 1 unspecified atom stereocenters. The topological polar surface area (TPSA) is 70.3 Å². The molecule has 0 saturated carbocycles. The molecule has 0 aromatic rings. The molecule has 0 aromatic carbocycles. The van der Waals surface area contributed by atoms with Crippen molar-refractivity contribution in [3.63, 3.8) is 0 Å². The lowest BCUT2D eigenvalue weighted by Gasteiger charge is -2.38. The molecular formula is C8H11NO3. The second-order valence-electron chi connectivity index (χ2n) is 3.53. The third kappa shape index (κ3) is 1.74. The van der Waals surface area contributed by atoms with Gasteiger partial charge in [-0.3, -0.25) is 4.79 Å². The van der Waals surface area contributed by atoms with Crippen LogP contribution in [0.2, 0.25) is 0 Å². The summed E-state index contributed by atoms with van der Waals surface area (Å²) < 4.78 is 4.96. The van der Waals surface area contributed by atoms with Gasteiger partial charge in [0.1, 0.15) is 5.92 Å². The largest absolute Gasteiger partial charge is 0.480 e. The van der Waals surface area contributed by atoms with Crippen molar-refractivity contribution < 1.29 is 14.6 Å². The Labute approximate surface area is 70.7 Å². The van der Waals surface area contributed by atoms with E-state index in [1.54, 1.807) is 6.07 Å². The molecule has 0 bridgehead atoms. The summed E-state index contributed by atoms with van der Waals surface area (Å²) in [4.78, 5) is 10.5. The standard InChI is InChI=1S/C8H11NO3/c1-8(4-12-5-8)2-6(3-9)7(10)11/h6H,2,4-5H2,1H3,(H,10,11). The van der Waals surface area contributed by atoms with Gasteiger partial charge in [-0.1, -0.05) is 6.92 Å². The van der Waals surface area contributed by atoms with Crippen molar-refractivity contribution in [3.8, 4) is 6.07 Å². The van der Waals surface area contributed by atoms with Gasteiger partial charge in [0.15, 0.2) is 0 Å². The van der Waals surface area contributed by atoms with E-state index in [2.05, 4.69) is 0 Å². The number of carbonyl (C=O) groups is 1. The third-order valence-corrected chi connectivity index (χ3v) is 2.05. The Morgan fingerprint density at radius 1 is 1.83 bits per heavy atom. The fraction of sp³-hybridized carbons (Fsp3) is 0.750. The van der Waals surface area contributed by atoms with E-state index in [1.165, 1.54) is 0 Å². The van der Waals surface area contributed by atoms with E-state index in [0.29, 0.717) is 19.6 Å². The molecule has 0 spiro atoms. The summed E-state index contributed by atoms with van der Waals surface area (Å²) >= 11 is 0. The highest BCUT2D eigenvalue weighted by Gasteiger charge is 2.37. The van der Waals surface area contributed by atoms with E-state index >= 15 is 0 Å². The van der Waals surface area contributed by atoms with Gasteiger partial charge in [-0.2, -0.15) is 5.26 Å². The number of aliphatic carboxylic acids is 1. The molecule has 1 heterocycles. The highest BCUT2D eigenvalue weighted by atomic mass is 16.5. The summed E-state index contributed by atoms with van der Waals surface area (Å²) in [5, 5.41) is 17.1. The van der Waals surface area contributed by atoms with Crippen LogP contribution in [0.3, 0.4) is 0 Å². The Kier molecular flexibility index (Phi) is 2.34. The molecule has 0 amide bonds. The normalized spacial score (nSPS) is 22.0. The van der Waals surface area contributed by atoms with Crippen molar-refractivity contribution >= 4 is 5.97 Å². The van der Waals surface area contributed by atoms with E-state index in [0.717, 1.165) is 0 Å². The molecular weight excluding hydrogens is 158 g/mol. The Morgan fingerprint density at radius 3 is 2.67 bits per heavy atom. The fourth-order valence-electron chi connectivity index (χ4n) is 1.25. The lowest BCUT2D eigenvalue weighted by molar-refractivity contribution is -0.146. The van der Waals surface area contributed by atoms with Crippen LogP contribution in [-0.4, -0.2) is 24.3 Å². The van der Waals surface area contributed by atoms with Gasteiger partial charge in [0.05, 0.1) is 19.3 Å². The number of ether oxygens (including phenoxy) is 1. The maximum absolute atomic E-state index is 10.5. The molecule has 4 nitrogen and oxygen atoms in total. The molecule has 0 radical (unpaired) electrons. The molecule has 12 heavy (non-hydrogen) atoms. The number of hydrogen-bond donors (Lipinski definition) is 1. The number of carboxylic acid groups (broad SMARTS) is 1. The van der Waals surface area contributed by atoms with Gasteiger partial charge in [-0.25, -0.2) is 0 Å². The van der Waals surface area contributed by atoms with Crippen LogP contribution >= 0.6 is 0 Å². The van der Waals surface area contributed by atoms with Crippen LogP contribution in [0.4, 0.5) is 0 Å². The minimum absolute atomic E-state index is 0.0984. The van der Waals surface area contributed by atoms with Crippen molar-refractivity contribution in [2.45, 2.75) is 13.3 Å². The van der Waals surface area contributed by atoms with Gasteiger partial charge in [-0.15, -0.1) is 0 Å². The van der Waals surface area contributed by atoms with Crippen molar-refractivity contribution in [2.75, 3.05) is 13.2 Å². The Hall–Kier alpha value is -1.08. The van der Waals surface area contributed by atoms with Gasteiger partial charge in [0.25, 0.3) is 0 Å². The van der Waals surface area contributed by atoms with Gasteiger partial charge < -0.3 is 9.84 Å². The first-order valence-corrected chi connectivity index (χ1v) is 3.77. The van der Waals surface area contributed by atoms with E-state index in [1.807, 2.05) is 6.92 Å². The summed E-state index contributed by atoms with van der Waals surface area (Å²) in [6.45, 7) is 3.07. The lowest BCUT2D eigenvalue weighted by atomic mass is 9.80. The number of hydrogen-bond acceptors (Lipinski definition) is 3. The first-order valence-electron chi connectivity index (χ1n) is 3.77. The Balaban J connectivity index is 2.48. The van der Waals surface area contributed by atoms with Gasteiger partial charge in [-0.05, 0) is 6.42 Å². The molecule has 1 saturated heterocycles. The molecule has 0 aliphatic carbocycles. The first-order chi connectivity index (χ1) is 5.57. The second-order valence-corrected chi connectivity index (χ2v) is 3.53. The Bertz CT molecular complexity index is 227. The van der Waals surface area contributed by atoms with Crippen LogP contribution < -0.4 is 0 Å². The van der Waals surface area contributed by atoms with Crippen molar-refractivity contribution in [2.24, 2.45) is 11.3 Å². The maximum Gasteiger partial charge on any atom is 0.320 e. The second kappa shape index (κ2) is 3.11. The van der Waals surface area contributed by atoms with Crippen LogP contribution in [0.15, 0.2) is 0 Å². The van der Waals surface area contributed by atoms with Crippen LogP contribution in [-0.2, 0) is 9.53 Å². The molecule has 1 aliphatic rings. The minimum Gasteiger partial charge on any atom is -0.480 e. The van der Waals surface area contributed by atoms with Crippen molar-refractivity contribution in [3.05, 3.63) is 0 Å². The molecule has 1 fully saturated rings. The highest BCUT2D eigenvalue weighted by Crippen LogP contribution is 2.33. The number of nitriles is 1. The number of carboxylic acids is 1. The van der Waals surface area contributed by atoms with Crippen LogP contribution in [0, 0.1) is 22.7 Å². The zero-order chi connectivity index (χ0) is 9.19. The summed E-state index contributed by atoms with van der Waals surface area (Å²) in [6.07, 6.45) is 0.388. The summed E-state index contributed by atoms with van der Waals surface area (Å²) in [6, 6.07) is 1.77. The average molecular weight is 169 g/mol. The monoisotopic (exact) mass is 169 g/mol.